The summed E-state index contributed by atoms with van der Waals surface area (Å²) in [5, 5.41) is 12.6. The van der Waals surface area contributed by atoms with Crippen molar-refractivity contribution in [2.75, 3.05) is 4.90 Å². The SMILES string of the molecule is c1ccc(-n2c3cc(N(c4ccc(-c5ccc6ccccc6c5)cc4)c4cccc5sc6c7ccccc7ccc6c45)ccc3c3cc4ccccc4cc32)cc1. The minimum Gasteiger partial charge on any atom is -0.310 e. The lowest BCUT2D eigenvalue weighted by Gasteiger charge is -2.27. The van der Waals surface area contributed by atoms with E-state index in [0.29, 0.717) is 0 Å². The Labute approximate surface area is 333 Å². The van der Waals surface area contributed by atoms with Crippen LogP contribution in [0, 0.1) is 0 Å². The lowest BCUT2D eigenvalue weighted by atomic mass is 10.0. The highest BCUT2D eigenvalue weighted by molar-refractivity contribution is 7.26. The summed E-state index contributed by atoms with van der Waals surface area (Å²) in [6, 6.07) is 75.8. The molecule has 57 heavy (non-hydrogen) atoms. The third-order valence-electron chi connectivity index (χ3n) is 11.7. The van der Waals surface area contributed by atoms with E-state index in [1.165, 1.54) is 91.1 Å². The molecule has 0 saturated heterocycles. The van der Waals surface area contributed by atoms with E-state index in [1.54, 1.807) is 0 Å². The van der Waals surface area contributed by atoms with Crippen molar-refractivity contribution >= 4 is 103 Å². The smallest absolute Gasteiger partial charge is 0.0561 e. The van der Waals surface area contributed by atoms with Crippen molar-refractivity contribution in [3.05, 3.63) is 206 Å². The molecule has 0 fully saturated rings. The number of anilines is 3. The quantitative estimate of drug-likeness (QED) is 0.170. The van der Waals surface area contributed by atoms with Crippen LogP contribution >= 0.6 is 11.3 Å². The monoisotopic (exact) mass is 742 g/mol. The summed E-state index contributed by atoms with van der Waals surface area (Å²) < 4.78 is 5.05. The predicted octanol–water partition coefficient (Wildman–Crippen LogP) is 15.7. The Morgan fingerprint density at radius 3 is 1.82 bits per heavy atom. The minimum atomic E-state index is 1.11. The summed E-state index contributed by atoms with van der Waals surface area (Å²) in [6.45, 7) is 0. The summed E-state index contributed by atoms with van der Waals surface area (Å²) >= 11 is 1.89. The molecule has 3 heteroatoms. The van der Waals surface area contributed by atoms with Gasteiger partial charge in [-0.25, -0.2) is 0 Å². The van der Waals surface area contributed by atoms with E-state index in [0.717, 1.165) is 17.1 Å². The second kappa shape index (κ2) is 12.7. The highest BCUT2D eigenvalue weighted by Crippen LogP contribution is 2.48. The van der Waals surface area contributed by atoms with E-state index < -0.39 is 0 Å². The maximum Gasteiger partial charge on any atom is 0.0561 e. The van der Waals surface area contributed by atoms with Crippen LogP contribution in [0.1, 0.15) is 0 Å². The number of rotatable bonds is 5. The van der Waals surface area contributed by atoms with Crippen LogP contribution in [-0.4, -0.2) is 4.57 Å². The molecule has 10 aromatic carbocycles. The molecule has 0 aliphatic carbocycles. The van der Waals surface area contributed by atoms with E-state index in [4.69, 9.17) is 0 Å². The molecular weight excluding hydrogens is 709 g/mol. The zero-order valence-corrected chi connectivity index (χ0v) is 31.7. The van der Waals surface area contributed by atoms with Gasteiger partial charge in [0.25, 0.3) is 0 Å². The molecule has 12 rings (SSSR count). The fourth-order valence-corrected chi connectivity index (χ4v) is 10.3. The zero-order valence-electron chi connectivity index (χ0n) is 30.9. The van der Waals surface area contributed by atoms with Gasteiger partial charge in [-0.3, -0.25) is 0 Å². The first kappa shape index (κ1) is 32.1. The Morgan fingerprint density at radius 1 is 0.368 bits per heavy atom. The molecule has 0 aliphatic rings. The lowest BCUT2D eigenvalue weighted by molar-refractivity contribution is 1.18. The summed E-state index contributed by atoms with van der Waals surface area (Å²) in [7, 11) is 0. The van der Waals surface area contributed by atoms with E-state index in [9.17, 15) is 0 Å². The Bertz CT molecular complexity index is 3520. The highest BCUT2D eigenvalue weighted by atomic mass is 32.1. The molecule has 0 unspecified atom stereocenters. The summed E-state index contributed by atoms with van der Waals surface area (Å²) in [4.78, 5) is 2.47. The number of benzene rings is 10. The molecule has 0 aliphatic heterocycles. The lowest BCUT2D eigenvalue weighted by Crippen LogP contribution is -2.10. The molecule has 266 valence electrons. The van der Waals surface area contributed by atoms with Gasteiger partial charge in [0.2, 0.25) is 0 Å². The van der Waals surface area contributed by atoms with Crippen LogP contribution in [0.2, 0.25) is 0 Å². The molecule has 12 aromatic rings. The Kier molecular flexibility index (Phi) is 7.13. The molecule has 0 radical (unpaired) electrons. The first-order valence-electron chi connectivity index (χ1n) is 19.5. The van der Waals surface area contributed by atoms with Crippen LogP contribution in [-0.2, 0) is 0 Å². The van der Waals surface area contributed by atoms with Gasteiger partial charge in [0.05, 0.1) is 16.7 Å². The van der Waals surface area contributed by atoms with Gasteiger partial charge in [-0.1, -0.05) is 140 Å². The number of thiophene rings is 1. The summed E-state index contributed by atoms with van der Waals surface area (Å²) in [6.07, 6.45) is 0. The molecule has 0 saturated carbocycles. The van der Waals surface area contributed by atoms with Crippen molar-refractivity contribution in [2.24, 2.45) is 0 Å². The molecule has 0 amide bonds. The number of para-hydroxylation sites is 1. The fourth-order valence-electron chi connectivity index (χ4n) is 9.01. The van der Waals surface area contributed by atoms with Crippen molar-refractivity contribution in [3.63, 3.8) is 0 Å². The molecule has 2 aromatic heterocycles. The molecule has 0 atom stereocenters. The first-order chi connectivity index (χ1) is 28.2. The second-order valence-corrected chi connectivity index (χ2v) is 16.0. The summed E-state index contributed by atoms with van der Waals surface area (Å²) in [5.74, 6) is 0. The van der Waals surface area contributed by atoms with Crippen molar-refractivity contribution in [1.82, 2.24) is 4.57 Å². The van der Waals surface area contributed by atoms with Crippen LogP contribution in [0.4, 0.5) is 17.1 Å². The number of hydrogen-bond acceptors (Lipinski definition) is 2. The number of hydrogen-bond donors (Lipinski definition) is 0. The van der Waals surface area contributed by atoms with E-state index >= 15 is 0 Å². The van der Waals surface area contributed by atoms with E-state index in [-0.39, 0.29) is 0 Å². The maximum atomic E-state index is 2.47. The number of fused-ring (bicyclic) bond motifs is 10. The van der Waals surface area contributed by atoms with E-state index in [1.807, 2.05) is 11.3 Å². The topological polar surface area (TPSA) is 8.17 Å². The van der Waals surface area contributed by atoms with Gasteiger partial charge < -0.3 is 9.47 Å². The van der Waals surface area contributed by atoms with Gasteiger partial charge in [-0.05, 0) is 110 Å². The van der Waals surface area contributed by atoms with Gasteiger partial charge in [0.15, 0.2) is 0 Å². The van der Waals surface area contributed by atoms with Crippen molar-refractivity contribution in [1.29, 1.82) is 0 Å². The standard InChI is InChI=1S/C54H34N2S/c1-2-16-42(17-3-1)56-50-33-40-15-7-6-14-39(40)32-48(50)46-30-28-44(34-51(46)56)55(43-26-23-36(24-27-43)41-22-21-35-11-4-5-13-38(35)31-41)49-19-10-20-52-53(49)47-29-25-37-12-8-9-18-45(37)54(47)57-52/h1-34H. The highest BCUT2D eigenvalue weighted by Gasteiger charge is 2.22. The van der Waals surface area contributed by atoms with Crippen LogP contribution < -0.4 is 4.90 Å². The van der Waals surface area contributed by atoms with Crippen molar-refractivity contribution < 1.29 is 0 Å². The average Bonchev–Trinajstić information content (AvgIpc) is 3.82. The van der Waals surface area contributed by atoms with Crippen molar-refractivity contribution in [3.8, 4) is 16.8 Å². The van der Waals surface area contributed by atoms with Crippen LogP contribution in [0.5, 0.6) is 0 Å². The predicted molar refractivity (Wildman–Crippen MR) is 246 cm³/mol. The molecule has 0 spiro atoms. The average molecular weight is 743 g/mol. The van der Waals surface area contributed by atoms with Crippen molar-refractivity contribution in [2.45, 2.75) is 0 Å². The first-order valence-corrected chi connectivity index (χ1v) is 20.3. The summed E-state index contributed by atoms with van der Waals surface area (Å²) in [5.41, 5.74) is 9.32. The fraction of sp³-hybridized carbons (Fsp3) is 0. The molecular formula is C54H34N2S. The zero-order chi connectivity index (χ0) is 37.5. The Balaban J connectivity index is 1.12. The molecule has 0 N–H and O–H groups in total. The number of nitrogens with zero attached hydrogens (tertiary/aromatic N) is 2. The maximum absolute atomic E-state index is 2.47. The molecule has 2 heterocycles. The largest absolute Gasteiger partial charge is 0.310 e. The number of aromatic nitrogens is 1. The Hall–Kier alpha value is -7.20. The molecule has 2 nitrogen and oxygen atoms in total. The second-order valence-electron chi connectivity index (χ2n) is 14.9. The van der Waals surface area contributed by atoms with Crippen LogP contribution in [0.25, 0.3) is 91.1 Å². The van der Waals surface area contributed by atoms with Gasteiger partial charge in [-0.2, -0.15) is 0 Å². The van der Waals surface area contributed by atoms with Crippen LogP contribution in [0.15, 0.2) is 206 Å². The van der Waals surface area contributed by atoms with Gasteiger partial charge >= 0.3 is 0 Å². The normalized spacial score (nSPS) is 11.9. The third-order valence-corrected chi connectivity index (χ3v) is 12.9. The van der Waals surface area contributed by atoms with Gasteiger partial charge in [0, 0.05) is 48.0 Å². The van der Waals surface area contributed by atoms with Crippen LogP contribution in [0.3, 0.4) is 0 Å². The third kappa shape index (κ3) is 5.10. The van der Waals surface area contributed by atoms with Gasteiger partial charge in [0.1, 0.15) is 0 Å². The minimum absolute atomic E-state index is 1.11. The van der Waals surface area contributed by atoms with E-state index in [2.05, 4.69) is 216 Å². The Morgan fingerprint density at radius 2 is 1.00 bits per heavy atom. The van der Waals surface area contributed by atoms with Gasteiger partial charge in [-0.15, -0.1) is 11.3 Å². The molecule has 0 bridgehead atoms.